The van der Waals surface area contributed by atoms with Crippen LogP contribution in [0, 0.1) is 0 Å². The van der Waals surface area contributed by atoms with E-state index in [1.54, 1.807) is 41.5 Å². The predicted molar refractivity (Wildman–Crippen MR) is 107 cm³/mol. The van der Waals surface area contributed by atoms with Crippen molar-refractivity contribution in [1.82, 2.24) is 0 Å². The van der Waals surface area contributed by atoms with Gasteiger partial charge in [0.2, 0.25) is 6.10 Å². The number of nitrogens with zero attached hydrogens (tertiary/aromatic N) is 1. The highest BCUT2D eigenvalue weighted by Crippen LogP contribution is 2.40. The summed E-state index contributed by atoms with van der Waals surface area (Å²) in [4.78, 5) is 37.3. The number of carboxylic acid groups (broad SMARTS) is 1. The molecule has 0 spiro atoms. The summed E-state index contributed by atoms with van der Waals surface area (Å²) in [7, 11) is 0. The first-order valence-electron chi connectivity index (χ1n) is 8.90. The Labute approximate surface area is 173 Å². The molecular weight excluding hydrogens is 404 g/mol. The minimum absolute atomic E-state index is 0.0602. The van der Waals surface area contributed by atoms with E-state index in [4.69, 9.17) is 25.8 Å². The van der Waals surface area contributed by atoms with E-state index in [2.05, 4.69) is 5.32 Å². The number of aliphatic carboxylic acids is 1. The second kappa shape index (κ2) is 7.98. The van der Waals surface area contributed by atoms with Gasteiger partial charge in [0.25, 0.3) is 0 Å². The molecule has 2 amide bonds. The monoisotopic (exact) mass is 428 g/mol. The number of nitrogens with one attached hydrogen (secondary N) is 1. The largest absolute Gasteiger partial charge is 0.478 e. The molecule has 0 bridgehead atoms. The van der Waals surface area contributed by atoms with Gasteiger partial charge in [-0.2, -0.15) is 0 Å². The Bertz CT molecular complexity index is 827. The number of hydrogen-bond acceptors (Lipinski definition) is 6. The highest BCUT2D eigenvalue weighted by Gasteiger charge is 2.37. The number of halogens is 1. The number of anilines is 2. The molecule has 1 atom stereocenters. The number of carboxylic acids is 1. The van der Waals surface area contributed by atoms with Crippen LogP contribution in [-0.2, 0) is 14.3 Å². The predicted octanol–water partition coefficient (Wildman–Crippen LogP) is 4.27. The molecule has 0 fully saturated rings. The van der Waals surface area contributed by atoms with E-state index in [1.807, 2.05) is 0 Å². The molecule has 0 radical (unpaired) electrons. The maximum Gasteiger partial charge on any atom is 0.415 e. The highest BCUT2D eigenvalue weighted by molar-refractivity contribution is 6.34. The van der Waals surface area contributed by atoms with Crippen molar-refractivity contribution in [2.75, 3.05) is 16.8 Å². The lowest BCUT2D eigenvalue weighted by Crippen LogP contribution is -2.48. The van der Waals surface area contributed by atoms with Gasteiger partial charge in [-0.3, -0.25) is 10.2 Å². The number of fused-ring (bicyclic) bond motifs is 1. The van der Waals surface area contributed by atoms with Crippen molar-refractivity contribution in [2.24, 2.45) is 0 Å². The van der Waals surface area contributed by atoms with Crippen molar-refractivity contribution in [3.63, 3.8) is 0 Å². The van der Waals surface area contributed by atoms with Gasteiger partial charge in [-0.25, -0.2) is 14.4 Å². The summed E-state index contributed by atoms with van der Waals surface area (Å²) in [6.07, 6.45) is -2.79. The molecule has 0 aromatic heterocycles. The van der Waals surface area contributed by atoms with Gasteiger partial charge in [-0.1, -0.05) is 11.6 Å². The Morgan fingerprint density at radius 3 is 2.24 bits per heavy atom. The van der Waals surface area contributed by atoms with Crippen LogP contribution in [0.15, 0.2) is 12.1 Å². The van der Waals surface area contributed by atoms with E-state index in [-0.39, 0.29) is 28.7 Å². The number of rotatable bonds is 2. The van der Waals surface area contributed by atoms with Crippen LogP contribution in [0.3, 0.4) is 0 Å². The molecule has 0 saturated carbocycles. The van der Waals surface area contributed by atoms with E-state index in [1.165, 1.54) is 12.1 Å². The van der Waals surface area contributed by atoms with Crippen LogP contribution in [0.4, 0.5) is 21.0 Å². The summed E-state index contributed by atoms with van der Waals surface area (Å²) in [6, 6.07) is 2.74. The van der Waals surface area contributed by atoms with Gasteiger partial charge in [-0.15, -0.1) is 0 Å². The molecule has 29 heavy (non-hydrogen) atoms. The molecule has 160 valence electrons. The van der Waals surface area contributed by atoms with Crippen LogP contribution >= 0.6 is 11.6 Å². The fraction of sp³-hybridized carbons (Fsp3) is 0.526. The van der Waals surface area contributed by atoms with E-state index < -0.39 is 35.5 Å². The van der Waals surface area contributed by atoms with Gasteiger partial charge in [-0.05, 0) is 47.6 Å². The van der Waals surface area contributed by atoms with Crippen LogP contribution in [0.5, 0.6) is 5.75 Å². The van der Waals surface area contributed by atoms with Gasteiger partial charge in [0.1, 0.15) is 17.0 Å². The second-order valence-corrected chi connectivity index (χ2v) is 8.87. The molecule has 2 rings (SSSR count). The van der Waals surface area contributed by atoms with Crippen molar-refractivity contribution < 1.29 is 33.7 Å². The minimum Gasteiger partial charge on any atom is -0.478 e. The molecule has 1 unspecified atom stereocenters. The zero-order valence-corrected chi connectivity index (χ0v) is 17.9. The fourth-order valence-electron chi connectivity index (χ4n) is 2.43. The smallest absolute Gasteiger partial charge is 0.415 e. The highest BCUT2D eigenvalue weighted by atomic mass is 35.5. The standard InChI is InChI=1S/C19H25ClN2O7/c1-18(2,3)28-16(25)21-11-8-13-12(7-10(11)20)22(9-14(27-13)15(23)24)17(26)29-19(4,5)6/h7-8,14H,9H2,1-6H3,(H,21,25)(H,23,24). The van der Waals surface area contributed by atoms with Crippen molar-refractivity contribution in [3.05, 3.63) is 17.2 Å². The lowest BCUT2D eigenvalue weighted by atomic mass is 10.1. The first kappa shape index (κ1) is 22.6. The Hall–Kier alpha value is -2.68. The third-order valence-corrected chi connectivity index (χ3v) is 3.79. The number of ether oxygens (including phenoxy) is 3. The van der Waals surface area contributed by atoms with Crippen LogP contribution in [0.25, 0.3) is 0 Å². The van der Waals surface area contributed by atoms with Gasteiger partial charge < -0.3 is 19.3 Å². The summed E-state index contributed by atoms with van der Waals surface area (Å²) in [5, 5.41) is 12.0. The molecular formula is C19H25ClN2O7. The maximum atomic E-state index is 12.6. The summed E-state index contributed by atoms with van der Waals surface area (Å²) in [5.41, 5.74) is -1.12. The Morgan fingerprint density at radius 2 is 1.72 bits per heavy atom. The SMILES string of the molecule is CC(C)(C)OC(=O)Nc1cc2c(cc1Cl)N(C(=O)OC(C)(C)C)CC(C(=O)O)O2. The quantitative estimate of drug-likeness (QED) is 0.722. The van der Waals surface area contributed by atoms with E-state index in [0.29, 0.717) is 0 Å². The van der Waals surface area contributed by atoms with Crippen molar-refractivity contribution in [2.45, 2.75) is 58.8 Å². The first-order chi connectivity index (χ1) is 13.2. The van der Waals surface area contributed by atoms with E-state index in [0.717, 1.165) is 4.90 Å². The molecule has 1 aromatic rings. The van der Waals surface area contributed by atoms with Gasteiger partial charge in [0.05, 0.1) is 22.9 Å². The van der Waals surface area contributed by atoms with Crippen LogP contribution < -0.4 is 15.0 Å². The molecule has 9 nitrogen and oxygen atoms in total. The average molecular weight is 429 g/mol. The normalized spacial score (nSPS) is 16.4. The topological polar surface area (TPSA) is 114 Å². The van der Waals surface area contributed by atoms with Crippen LogP contribution in [-0.4, -0.2) is 47.1 Å². The van der Waals surface area contributed by atoms with Gasteiger partial charge >= 0.3 is 18.2 Å². The summed E-state index contributed by atoms with van der Waals surface area (Å²) in [5.74, 6) is -1.19. The molecule has 1 aliphatic rings. The first-order valence-corrected chi connectivity index (χ1v) is 9.27. The lowest BCUT2D eigenvalue weighted by Gasteiger charge is -2.34. The second-order valence-electron chi connectivity index (χ2n) is 8.46. The number of carbonyl (C=O) groups excluding carboxylic acids is 2. The number of amides is 2. The zero-order chi connectivity index (χ0) is 22.1. The lowest BCUT2D eigenvalue weighted by molar-refractivity contribution is -0.144. The Kier molecular flexibility index (Phi) is 6.22. The van der Waals surface area contributed by atoms with E-state index >= 15 is 0 Å². The molecule has 1 aliphatic heterocycles. The van der Waals surface area contributed by atoms with Crippen molar-refractivity contribution >= 4 is 41.1 Å². The van der Waals surface area contributed by atoms with Crippen molar-refractivity contribution in [3.8, 4) is 5.75 Å². The molecule has 1 heterocycles. The van der Waals surface area contributed by atoms with Crippen molar-refractivity contribution in [1.29, 1.82) is 0 Å². The third-order valence-electron chi connectivity index (χ3n) is 3.48. The van der Waals surface area contributed by atoms with E-state index in [9.17, 15) is 19.5 Å². The number of hydrogen-bond donors (Lipinski definition) is 2. The number of benzene rings is 1. The van der Waals surface area contributed by atoms with Crippen LogP contribution in [0.1, 0.15) is 41.5 Å². The average Bonchev–Trinajstić information content (AvgIpc) is 2.51. The minimum atomic E-state index is -1.31. The maximum absolute atomic E-state index is 12.6. The molecule has 10 heteroatoms. The summed E-state index contributed by atoms with van der Waals surface area (Å²) < 4.78 is 16.0. The van der Waals surface area contributed by atoms with Gasteiger partial charge in [0.15, 0.2) is 0 Å². The zero-order valence-electron chi connectivity index (χ0n) is 17.2. The van der Waals surface area contributed by atoms with Crippen LogP contribution in [0.2, 0.25) is 5.02 Å². The molecule has 2 N–H and O–H groups in total. The molecule has 1 aromatic carbocycles. The molecule has 0 aliphatic carbocycles. The molecule has 0 saturated heterocycles. The summed E-state index contributed by atoms with van der Waals surface area (Å²) >= 11 is 6.26. The Morgan fingerprint density at radius 1 is 1.14 bits per heavy atom. The van der Waals surface area contributed by atoms with Gasteiger partial charge in [0, 0.05) is 6.07 Å². The fourth-order valence-corrected chi connectivity index (χ4v) is 2.64. The summed E-state index contributed by atoms with van der Waals surface area (Å²) in [6.45, 7) is 9.96. The third kappa shape index (κ3) is 6.15. The number of carbonyl (C=O) groups is 3. The Balaban J connectivity index is 2.38.